The van der Waals surface area contributed by atoms with E-state index < -0.39 is 10.9 Å². The fourth-order valence-electron chi connectivity index (χ4n) is 1.18. The Hall–Kier alpha value is -3.02. The van der Waals surface area contributed by atoms with Gasteiger partial charge in [-0.3, -0.25) is 15.5 Å². The summed E-state index contributed by atoms with van der Waals surface area (Å²) in [5.41, 5.74) is 2.08. The number of nitriles is 1. The minimum Gasteiger partial charge on any atom is -0.465 e. The lowest BCUT2D eigenvalue weighted by Gasteiger charge is -2.03. The van der Waals surface area contributed by atoms with E-state index in [1.165, 1.54) is 19.2 Å². The van der Waals surface area contributed by atoms with Crippen LogP contribution in [0.1, 0.15) is 10.4 Å². The zero-order valence-electron chi connectivity index (χ0n) is 9.86. The Morgan fingerprint density at radius 1 is 1.63 bits per heavy atom. The number of carbonyl (C=O) groups excluding carboxylic acids is 1. The summed E-state index contributed by atoms with van der Waals surface area (Å²) in [7, 11) is 1.18. The number of rotatable bonds is 5. The molecule has 0 aliphatic rings. The first-order valence-electron chi connectivity index (χ1n) is 4.96. The predicted octanol–water partition coefficient (Wildman–Crippen LogP) is 1.68. The second-order valence-corrected chi connectivity index (χ2v) is 3.15. The Morgan fingerprint density at radius 2 is 2.37 bits per heavy atom. The summed E-state index contributed by atoms with van der Waals surface area (Å²) < 4.78 is 4.46. The second kappa shape index (κ2) is 6.65. The first-order chi connectivity index (χ1) is 9.10. The van der Waals surface area contributed by atoms with Gasteiger partial charge in [0.1, 0.15) is 12.2 Å². The number of hydrogen-bond donors (Lipinski definition) is 1. The molecule has 0 saturated carbocycles. The first kappa shape index (κ1) is 14.0. The van der Waals surface area contributed by atoms with Crippen LogP contribution in [0.25, 0.3) is 0 Å². The molecule has 0 aromatic heterocycles. The molecule has 0 radical (unpaired) electrons. The van der Waals surface area contributed by atoms with E-state index in [-0.39, 0.29) is 23.5 Å². The number of benzene rings is 1. The van der Waals surface area contributed by atoms with Gasteiger partial charge in [-0.1, -0.05) is 5.22 Å². The topological polar surface area (TPSA) is 130 Å². The van der Waals surface area contributed by atoms with E-state index in [2.05, 4.69) is 20.5 Å². The molecule has 0 atom stereocenters. The maximum atomic E-state index is 11.3. The number of nitro benzene ring substituents is 1. The van der Waals surface area contributed by atoms with Crippen LogP contribution >= 0.6 is 0 Å². The predicted molar refractivity (Wildman–Crippen MR) is 63.4 cm³/mol. The van der Waals surface area contributed by atoms with E-state index in [0.29, 0.717) is 0 Å². The molecule has 0 fully saturated rings. The molecule has 1 aromatic carbocycles. The standard InChI is InChI=1S/C10H9N5O4/c1-19-10(16)7-2-3-8(9(6-7)15(17)18)13-14-12-5-4-11/h2-3,6H,5H2,1H3,(H,12,13). The molecular formula is C10H9N5O4. The third-order valence-corrected chi connectivity index (χ3v) is 2.00. The van der Waals surface area contributed by atoms with Gasteiger partial charge in [-0.05, 0) is 12.1 Å². The van der Waals surface area contributed by atoms with E-state index >= 15 is 0 Å². The molecule has 0 bridgehead atoms. The molecule has 0 amide bonds. The normalized spacial score (nSPS) is 9.89. The molecule has 0 aliphatic carbocycles. The summed E-state index contributed by atoms with van der Waals surface area (Å²) in [6.07, 6.45) is 0. The van der Waals surface area contributed by atoms with Crippen molar-refractivity contribution in [2.75, 3.05) is 19.1 Å². The molecule has 1 N–H and O–H groups in total. The highest BCUT2D eigenvalue weighted by Gasteiger charge is 2.17. The fraction of sp³-hybridized carbons (Fsp3) is 0.200. The summed E-state index contributed by atoms with van der Waals surface area (Å²) in [6, 6.07) is 5.44. The molecule has 0 spiro atoms. The number of nitrogens with zero attached hydrogens (tertiary/aromatic N) is 4. The van der Waals surface area contributed by atoms with Crippen molar-refractivity contribution in [3.63, 3.8) is 0 Å². The monoisotopic (exact) mass is 263 g/mol. The number of ether oxygens (including phenoxy) is 1. The molecule has 0 heterocycles. The number of hydrogen-bond acceptors (Lipinski definition) is 7. The van der Waals surface area contributed by atoms with Crippen LogP contribution < -0.4 is 5.43 Å². The van der Waals surface area contributed by atoms with Gasteiger partial charge in [0.05, 0.1) is 23.7 Å². The maximum absolute atomic E-state index is 11.3. The van der Waals surface area contributed by atoms with Crippen molar-refractivity contribution < 1.29 is 14.5 Å². The van der Waals surface area contributed by atoms with Crippen molar-refractivity contribution in [1.82, 2.24) is 0 Å². The van der Waals surface area contributed by atoms with Gasteiger partial charge in [-0.2, -0.15) is 10.4 Å². The van der Waals surface area contributed by atoms with Crippen LogP contribution in [0.3, 0.4) is 0 Å². The summed E-state index contributed by atoms with van der Waals surface area (Å²) >= 11 is 0. The quantitative estimate of drug-likeness (QED) is 0.283. The van der Waals surface area contributed by atoms with Crippen LogP contribution in [0.4, 0.5) is 11.4 Å². The van der Waals surface area contributed by atoms with Gasteiger partial charge < -0.3 is 4.74 Å². The molecular weight excluding hydrogens is 254 g/mol. The zero-order chi connectivity index (χ0) is 14.3. The maximum Gasteiger partial charge on any atom is 0.338 e. The van der Waals surface area contributed by atoms with Gasteiger partial charge in [-0.15, -0.1) is 0 Å². The van der Waals surface area contributed by atoms with Gasteiger partial charge in [-0.25, -0.2) is 4.79 Å². The second-order valence-electron chi connectivity index (χ2n) is 3.15. The Labute approximate surface area is 107 Å². The molecule has 98 valence electrons. The van der Waals surface area contributed by atoms with Gasteiger partial charge in [0.2, 0.25) is 0 Å². The van der Waals surface area contributed by atoms with Gasteiger partial charge in [0.15, 0.2) is 0 Å². The van der Waals surface area contributed by atoms with Crippen LogP contribution in [0, 0.1) is 21.4 Å². The van der Waals surface area contributed by atoms with Crippen molar-refractivity contribution in [3.05, 3.63) is 33.9 Å². The van der Waals surface area contributed by atoms with Crippen molar-refractivity contribution in [2.45, 2.75) is 0 Å². The number of nitrogens with one attached hydrogen (secondary N) is 1. The van der Waals surface area contributed by atoms with Gasteiger partial charge in [0.25, 0.3) is 5.69 Å². The third-order valence-electron chi connectivity index (χ3n) is 2.00. The average Bonchev–Trinajstić information content (AvgIpc) is 2.42. The lowest BCUT2D eigenvalue weighted by Crippen LogP contribution is -2.03. The average molecular weight is 263 g/mol. The van der Waals surface area contributed by atoms with Crippen LogP contribution in [0.15, 0.2) is 28.5 Å². The van der Waals surface area contributed by atoms with E-state index in [0.717, 1.165) is 6.07 Å². The van der Waals surface area contributed by atoms with Crippen molar-refractivity contribution >= 4 is 17.3 Å². The van der Waals surface area contributed by atoms with Crippen molar-refractivity contribution in [3.8, 4) is 6.07 Å². The van der Waals surface area contributed by atoms with E-state index in [4.69, 9.17) is 5.26 Å². The van der Waals surface area contributed by atoms with Gasteiger partial charge >= 0.3 is 5.97 Å². The molecule has 1 aromatic rings. The van der Waals surface area contributed by atoms with E-state index in [9.17, 15) is 14.9 Å². The van der Waals surface area contributed by atoms with Crippen LogP contribution in [-0.4, -0.2) is 24.5 Å². The Bertz CT molecular complexity index is 564. The number of methoxy groups -OCH3 is 1. The molecule has 0 saturated heterocycles. The molecule has 9 heteroatoms. The summed E-state index contributed by atoms with van der Waals surface area (Å²) in [5.74, 6) is -0.680. The van der Waals surface area contributed by atoms with Crippen LogP contribution in [-0.2, 0) is 4.74 Å². The smallest absolute Gasteiger partial charge is 0.338 e. The Kier molecular flexibility index (Phi) is 4.92. The number of nitro groups is 1. The number of anilines is 1. The minimum absolute atomic E-state index is 0.0497. The zero-order valence-corrected chi connectivity index (χ0v) is 9.86. The summed E-state index contributed by atoms with van der Waals surface area (Å²) in [5, 5.41) is 25.9. The lowest BCUT2D eigenvalue weighted by atomic mass is 10.2. The largest absolute Gasteiger partial charge is 0.465 e. The summed E-state index contributed by atoms with van der Waals surface area (Å²) in [4.78, 5) is 21.4. The van der Waals surface area contributed by atoms with E-state index in [1.54, 1.807) is 6.07 Å². The number of carbonyl (C=O) groups is 1. The molecule has 0 aliphatic heterocycles. The molecule has 1 rings (SSSR count). The first-order valence-corrected chi connectivity index (χ1v) is 4.96. The SMILES string of the molecule is COC(=O)c1ccc(NN=NCC#N)c([N+](=O)[O-])c1. The molecule has 0 unspecified atom stereocenters. The van der Waals surface area contributed by atoms with Crippen LogP contribution in [0.2, 0.25) is 0 Å². The lowest BCUT2D eigenvalue weighted by molar-refractivity contribution is -0.384. The van der Waals surface area contributed by atoms with Crippen LogP contribution in [0.5, 0.6) is 0 Å². The highest BCUT2D eigenvalue weighted by molar-refractivity contribution is 5.91. The minimum atomic E-state index is -0.680. The number of esters is 1. The fourth-order valence-corrected chi connectivity index (χ4v) is 1.18. The molecule has 19 heavy (non-hydrogen) atoms. The highest BCUT2D eigenvalue weighted by atomic mass is 16.6. The van der Waals surface area contributed by atoms with Gasteiger partial charge in [0, 0.05) is 6.07 Å². The Balaban J connectivity index is 3.02. The molecule has 9 nitrogen and oxygen atoms in total. The van der Waals surface area contributed by atoms with E-state index in [1.807, 2.05) is 0 Å². The van der Waals surface area contributed by atoms with Crippen molar-refractivity contribution in [2.24, 2.45) is 10.3 Å². The highest BCUT2D eigenvalue weighted by Crippen LogP contribution is 2.25. The third kappa shape index (κ3) is 3.74. The Morgan fingerprint density at radius 3 is 2.95 bits per heavy atom. The summed E-state index contributed by atoms with van der Waals surface area (Å²) in [6.45, 7) is -0.166. The van der Waals surface area contributed by atoms with Crippen molar-refractivity contribution in [1.29, 1.82) is 5.26 Å².